The average Bonchev–Trinajstić information content (AvgIpc) is 3.97. The van der Waals surface area contributed by atoms with Crippen LogP contribution in [-0.2, 0) is 9.59 Å². The number of amides is 5. The quantitative estimate of drug-likeness (QED) is 0.196. The van der Waals surface area contributed by atoms with Gasteiger partial charge in [0.25, 0.3) is 5.91 Å². The molecule has 58 heavy (non-hydrogen) atoms. The van der Waals surface area contributed by atoms with E-state index in [-0.39, 0.29) is 29.6 Å². The summed E-state index contributed by atoms with van der Waals surface area (Å²) in [5.41, 5.74) is 10.3. The Labute approximate surface area is 337 Å². The monoisotopic (exact) mass is 789 g/mol. The topological polar surface area (TPSA) is 186 Å². The van der Waals surface area contributed by atoms with Crippen molar-refractivity contribution in [3.05, 3.63) is 65.6 Å². The summed E-state index contributed by atoms with van der Waals surface area (Å²) in [5.74, 6) is 0.336. The number of carbonyl (C=O) groups excluding carboxylic acids is 4. The number of piperidine rings is 3. The number of fused-ring (bicyclic) bond motifs is 1. The van der Waals surface area contributed by atoms with E-state index in [9.17, 15) is 19.2 Å². The first-order chi connectivity index (χ1) is 28.2. The summed E-state index contributed by atoms with van der Waals surface area (Å²) in [5, 5.41) is 10.8. The molecule has 2 aromatic heterocycles. The molecule has 0 bridgehead atoms. The molecule has 5 fully saturated rings. The third-order valence-corrected chi connectivity index (χ3v) is 12.9. The van der Waals surface area contributed by atoms with Gasteiger partial charge in [0, 0.05) is 76.0 Å². The van der Waals surface area contributed by atoms with Gasteiger partial charge in [0.2, 0.25) is 11.8 Å². The zero-order chi connectivity index (χ0) is 39.9. The van der Waals surface area contributed by atoms with Gasteiger partial charge in [-0.25, -0.2) is 14.8 Å². The van der Waals surface area contributed by atoms with Crippen LogP contribution in [0, 0.1) is 5.92 Å². The first-order valence-electron chi connectivity index (χ1n) is 20.7. The summed E-state index contributed by atoms with van der Waals surface area (Å²) < 4.78 is 5.57. The van der Waals surface area contributed by atoms with E-state index < -0.39 is 11.8 Å². The third-order valence-electron chi connectivity index (χ3n) is 12.9. The zero-order valence-corrected chi connectivity index (χ0v) is 32.9. The smallest absolute Gasteiger partial charge is 0.320 e. The first kappa shape index (κ1) is 37.8. The van der Waals surface area contributed by atoms with Crippen molar-refractivity contribution in [2.75, 3.05) is 81.1 Å². The van der Waals surface area contributed by atoms with Gasteiger partial charge < -0.3 is 40.1 Å². The lowest BCUT2D eigenvalue weighted by Crippen LogP contribution is -2.49. The van der Waals surface area contributed by atoms with Crippen LogP contribution in [0.5, 0.6) is 0 Å². The lowest BCUT2D eigenvalue weighted by atomic mass is 9.89. The molecule has 7 heterocycles. The predicted molar refractivity (Wildman–Crippen MR) is 218 cm³/mol. The average molecular weight is 790 g/mol. The molecule has 3 atom stereocenters. The van der Waals surface area contributed by atoms with Crippen LogP contribution in [0.4, 0.5) is 27.8 Å². The highest BCUT2D eigenvalue weighted by molar-refractivity contribution is 6.02. The third kappa shape index (κ3) is 7.64. The maximum absolute atomic E-state index is 12.7. The highest BCUT2D eigenvalue weighted by Crippen LogP contribution is 2.36. The Hall–Kier alpha value is -5.77. The molecule has 5 amide bonds. The lowest BCUT2D eigenvalue weighted by molar-refractivity contribution is -0.134. The van der Waals surface area contributed by atoms with Crippen LogP contribution in [0.2, 0.25) is 0 Å². The molecular formula is C42H51N11O5. The number of carbonyl (C=O) groups is 4. The van der Waals surface area contributed by atoms with Crippen LogP contribution in [-0.4, -0.2) is 126 Å². The van der Waals surface area contributed by atoms with Crippen molar-refractivity contribution in [3.8, 4) is 0 Å². The van der Waals surface area contributed by atoms with E-state index in [4.69, 9.17) is 15.2 Å². The SMILES string of the molecule is CN1CCN([C@@H]2CCCN(c3cnc(C(N)=O)c(Nc4ccc(C5CCN(C[C@H]6CCN(c7ccc8onc(C9CCC(=O)NC9=O)c8c7)C6)CC5)cc4)n3)C2)C1=O. The van der Waals surface area contributed by atoms with Gasteiger partial charge in [-0.05, 0) is 99.3 Å². The number of nitrogens with one attached hydrogen (secondary N) is 2. The number of rotatable bonds is 10. The molecule has 4 N–H and O–H groups in total. The number of likely N-dealkylation sites (tertiary alicyclic amines) is 1. The highest BCUT2D eigenvalue weighted by Gasteiger charge is 2.36. The van der Waals surface area contributed by atoms with E-state index >= 15 is 0 Å². The van der Waals surface area contributed by atoms with Crippen LogP contribution in [0.1, 0.15) is 78.5 Å². The van der Waals surface area contributed by atoms with Crippen molar-refractivity contribution in [2.45, 2.75) is 62.8 Å². The van der Waals surface area contributed by atoms with Gasteiger partial charge in [-0.15, -0.1) is 0 Å². The molecule has 0 radical (unpaired) electrons. The van der Waals surface area contributed by atoms with Gasteiger partial charge in [-0.2, -0.15) is 0 Å². The molecular weight excluding hydrogens is 739 g/mol. The molecule has 0 spiro atoms. The van der Waals surface area contributed by atoms with Crippen LogP contribution < -0.4 is 26.2 Å². The Bertz CT molecular complexity index is 2200. The number of aromatic nitrogens is 3. The van der Waals surface area contributed by atoms with E-state index in [0.29, 0.717) is 54.1 Å². The van der Waals surface area contributed by atoms with Crippen molar-refractivity contribution in [3.63, 3.8) is 0 Å². The molecule has 16 heteroatoms. The lowest BCUT2D eigenvalue weighted by Gasteiger charge is -2.37. The number of anilines is 4. The van der Waals surface area contributed by atoms with E-state index in [1.165, 1.54) is 5.56 Å². The Morgan fingerprint density at radius 1 is 0.931 bits per heavy atom. The van der Waals surface area contributed by atoms with E-state index in [1.54, 1.807) is 11.1 Å². The molecule has 4 aromatic rings. The summed E-state index contributed by atoms with van der Waals surface area (Å²) in [6.07, 6.45) is 7.52. The summed E-state index contributed by atoms with van der Waals surface area (Å²) in [6.45, 7) is 8.03. The molecule has 16 nitrogen and oxygen atoms in total. The Morgan fingerprint density at radius 2 is 1.76 bits per heavy atom. The van der Waals surface area contributed by atoms with Crippen LogP contribution >= 0.6 is 0 Å². The van der Waals surface area contributed by atoms with Crippen molar-refractivity contribution in [1.29, 1.82) is 0 Å². The normalized spacial score (nSPS) is 23.6. The number of urea groups is 1. The molecule has 5 saturated heterocycles. The second kappa shape index (κ2) is 15.9. The largest absolute Gasteiger partial charge is 0.371 e. The van der Waals surface area contributed by atoms with E-state index in [1.807, 2.05) is 30.1 Å². The van der Waals surface area contributed by atoms with Crippen molar-refractivity contribution < 1.29 is 23.7 Å². The van der Waals surface area contributed by atoms with Crippen molar-refractivity contribution >= 4 is 57.7 Å². The van der Waals surface area contributed by atoms with Gasteiger partial charge in [0.1, 0.15) is 11.5 Å². The van der Waals surface area contributed by atoms with Crippen LogP contribution in [0.15, 0.2) is 53.2 Å². The summed E-state index contributed by atoms with van der Waals surface area (Å²) >= 11 is 0. The summed E-state index contributed by atoms with van der Waals surface area (Å²) in [7, 11) is 1.84. The number of nitrogens with zero attached hydrogens (tertiary/aromatic N) is 8. The van der Waals surface area contributed by atoms with Crippen LogP contribution in [0.3, 0.4) is 0 Å². The van der Waals surface area contributed by atoms with Gasteiger partial charge in [0.05, 0.1) is 18.2 Å². The summed E-state index contributed by atoms with van der Waals surface area (Å²) in [6, 6.07) is 14.7. The predicted octanol–water partition coefficient (Wildman–Crippen LogP) is 4.02. The number of primary amides is 1. The molecule has 5 aliphatic rings. The van der Waals surface area contributed by atoms with Gasteiger partial charge in [0.15, 0.2) is 17.1 Å². The Balaban J connectivity index is 0.781. The first-order valence-corrected chi connectivity index (χ1v) is 20.7. The fourth-order valence-corrected chi connectivity index (χ4v) is 9.58. The number of likely N-dealkylation sites (N-methyl/N-ethyl adjacent to an activating group) is 1. The van der Waals surface area contributed by atoms with Gasteiger partial charge in [-0.1, -0.05) is 17.3 Å². The number of nitrogens with two attached hydrogens (primary N) is 1. The molecule has 0 aliphatic carbocycles. The van der Waals surface area contributed by atoms with E-state index in [2.05, 4.69) is 59.7 Å². The van der Waals surface area contributed by atoms with Crippen molar-refractivity contribution in [1.82, 2.24) is 35.1 Å². The maximum atomic E-state index is 12.7. The highest BCUT2D eigenvalue weighted by atomic mass is 16.5. The minimum absolute atomic E-state index is 0.0697. The molecule has 304 valence electrons. The Morgan fingerprint density at radius 3 is 2.52 bits per heavy atom. The minimum Gasteiger partial charge on any atom is -0.371 e. The number of hydrogen-bond donors (Lipinski definition) is 3. The van der Waals surface area contributed by atoms with E-state index in [0.717, 1.165) is 101 Å². The number of imide groups is 1. The maximum Gasteiger partial charge on any atom is 0.320 e. The molecule has 5 aliphatic heterocycles. The zero-order valence-electron chi connectivity index (χ0n) is 32.9. The number of benzene rings is 2. The minimum atomic E-state index is -0.647. The molecule has 9 rings (SSSR count). The molecule has 2 aromatic carbocycles. The standard InChI is InChI=1S/C42H51N11O5/c1-49-19-20-53(42(49)57)31-3-2-15-52(25-31)35-22-44-38(39(43)55)40(46-35)45-29-6-4-27(5-7-29)28-13-16-50(17-14-28)23-26-12-18-51(24-26)30-8-10-34-33(21-30)37(48-58-34)32-9-11-36(54)47-41(32)56/h4-8,10,21-22,26,28,31-32H,2-3,9,11-20,23-25H2,1H3,(H2,43,55)(H,45,46)(H,47,54,56)/t26-,31-,32?/m1/s1. The van der Waals surface area contributed by atoms with Crippen LogP contribution in [0.25, 0.3) is 11.0 Å². The fraction of sp³-hybridized carbons (Fsp3) is 0.500. The Kier molecular flexibility index (Phi) is 10.3. The van der Waals surface area contributed by atoms with Crippen molar-refractivity contribution in [2.24, 2.45) is 11.7 Å². The van der Waals surface area contributed by atoms with Gasteiger partial charge in [-0.3, -0.25) is 19.7 Å². The number of hydrogen-bond acceptors (Lipinski definition) is 12. The second-order valence-electron chi connectivity index (χ2n) is 16.6. The summed E-state index contributed by atoms with van der Waals surface area (Å²) in [4.78, 5) is 69.4. The molecule has 1 unspecified atom stereocenters. The fourth-order valence-electron chi connectivity index (χ4n) is 9.58. The molecule has 0 saturated carbocycles. The second-order valence-corrected chi connectivity index (χ2v) is 16.6. The van der Waals surface area contributed by atoms with Gasteiger partial charge >= 0.3 is 6.03 Å².